The van der Waals surface area contributed by atoms with Crippen LogP contribution in [0.2, 0.25) is 0 Å². The van der Waals surface area contributed by atoms with E-state index in [0.717, 1.165) is 36.9 Å². The molecule has 2 aliphatic rings. The second-order valence-electron chi connectivity index (χ2n) is 10.3. The largest absolute Gasteiger partial charge is 0.493 e. The molecule has 2 aromatic carbocycles. The zero-order valence-electron chi connectivity index (χ0n) is 21.0. The van der Waals surface area contributed by atoms with Gasteiger partial charge in [0.05, 0.1) is 26.2 Å². The summed E-state index contributed by atoms with van der Waals surface area (Å²) in [5.74, 6) is 1.42. The lowest BCUT2D eigenvalue weighted by molar-refractivity contribution is -0.146. The maximum absolute atomic E-state index is 14.0. The zero-order chi connectivity index (χ0) is 24.5. The molecule has 2 heterocycles. The van der Waals surface area contributed by atoms with E-state index < -0.39 is 5.41 Å². The molecule has 182 valence electrons. The van der Waals surface area contributed by atoms with Gasteiger partial charge in [-0.05, 0) is 48.1 Å². The van der Waals surface area contributed by atoms with Crippen LogP contribution in [0.4, 0.5) is 0 Å². The van der Waals surface area contributed by atoms with E-state index in [4.69, 9.17) is 9.47 Å². The molecule has 2 unspecified atom stereocenters. The topological polar surface area (TPSA) is 59.1 Å². The smallest absolute Gasteiger partial charge is 0.228 e. The third-order valence-corrected chi connectivity index (χ3v) is 6.97. The lowest BCUT2D eigenvalue weighted by Gasteiger charge is -2.42. The maximum Gasteiger partial charge on any atom is 0.228 e. The van der Waals surface area contributed by atoms with E-state index in [9.17, 15) is 9.59 Å². The molecule has 2 aliphatic heterocycles. The summed E-state index contributed by atoms with van der Waals surface area (Å²) in [6.07, 6.45) is 2.41. The average molecular weight is 465 g/mol. The number of hydrogen-bond donors (Lipinski definition) is 0. The summed E-state index contributed by atoms with van der Waals surface area (Å²) in [7, 11) is 3.28. The van der Waals surface area contributed by atoms with Gasteiger partial charge in [0, 0.05) is 25.0 Å². The number of methoxy groups -OCH3 is 2. The molecular formula is C28H36N2O4. The molecule has 2 amide bonds. The summed E-state index contributed by atoms with van der Waals surface area (Å²) >= 11 is 0. The van der Waals surface area contributed by atoms with Crippen molar-refractivity contribution in [2.45, 2.75) is 46.1 Å². The van der Waals surface area contributed by atoms with Crippen LogP contribution in [0.3, 0.4) is 0 Å². The summed E-state index contributed by atoms with van der Waals surface area (Å²) in [6, 6.07) is 14.0. The second kappa shape index (κ2) is 9.69. The minimum Gasteiger partial charge on any atom is -0.493 e. The van der Waals surface area contributed by atoms with Crippen molar-refractivity contribution >= 4 is 11.8 Å². The Labute approximate surface area is 202 Å². The Bertz CT molecular complexity index is 1040. The van der Waals surface area contributed by atoms with E-state index in [1.807, 2.05) is 60.9 Å². The van der Waals surface area contributed by atoms with Gasteiger partial charge in [-0.2, -0.15) is 0 Å². The van der Waals surface area contributed by atoms with Crippen molar-refractivity contribution in [3.8, 4) is 11.5 Å². The summed E-state index contributed by atoms with van der Waals surface area (Å²) in [6.45, 7) is 7.67. The Balaban J connectivity index is 1.68. The van der Waals surface area contributed by atoms with Gasteiger partial charge >= 0.3 is 0 Å². The van der Waals surface area contributed by atoms with Crippen LogP contribution in [-0.4, -0.2) is 55.5 Å². The van der Waals surface area contributed by atoms with Gasteiger partial charge in [-0.1, -0.05) is 51.1 Å². The van der Waals surface area contributed by atoms with Crippen LogP contribution < -0.4 is 9.47 Å². The van der Waals surface area contributed by atoms with Gasteiger partial charge in [-0.3, -0.25) is 9.59 Å². The number of benzene rings is 2. The number of ether oxygens (including phenoxy) is 2. The van der Waals surface area contributed by atoms with E-state index >= 15 is 0 Å². The monoisotopic (exact) mass is 464 g/mol. The summed E-state index contributed by atoms with van der Waals surface area (Å²) in [4.78, 5) is 30.8. The molecule has 2 atom stereocenters. The number of likely N-dealkylation sites (tertiary alicyclic amines) is 1. The summed E-state index contributed by atoms with van der Waals surface area (Å²) < 4.78 is 11.1. The predicted molar refractivity (Wildman–Crippen MR) is 132 cm³/mol. The highest BCUT2D eigenvalue weighted by Crippen LogP contribution is 2.42. The number of hydrogen-bond acceptors (Lipinski definition) is 4. The Morgan fingerprint density at radius 3 is 2.29 bits per heavy atom. The minimum atomic E-state index is -0.447. The van der Waals surface area contributed by atoms with Crippen molar-refractivity contribution in [3.63, 3.8) is 0 Å². The van der Waals surface area contributed by atoms with Crippen molar-refractivity contribution in [2.75, 3.05) is 33.9 Å². The number of amides is 2. The third kappa shape index (κ3) is 4.63. The molecule has 0 radical (unpaired) electrons. The molecule has 2 aromatic rings. The van der Waals surface area contributed by atoms with Crippen LogP contribution in [0.15, 0.2) is 42.5 Å². The number of carbonyl (C=O) groups is 2. The van der Waals surface area contributed by atoms with E-state index in [0.29, 0.717) is 24.6 Å². The summed E-state index contributed by atoms with van der Waals surface area (Å²) in [5.41, 5.74) is 2.87. The number of rotatable bonds is 4. The molecule has 34 heavy (non-hydrogen) atoms. The molecule has 6 nitrogen and oxygen atoms in total. The SMILES string of the molecule is COc1cc2c(cc1OC)C(c1ccccc1)N(C(=O)C1CCCN(C(=O)C(C)(C)C)C1)CC2. The highest BCUT2D eigenvalue weighted by atomic mass is 16.5. The van der Waals surface area contributed by atoms with Gasteiger partial charge in [0.2, 0.25) is 11.8 Å². The Morgan fingerprint density at radius 1 is 0.971 bits per heavy atom. The molecule has 0 saturated carbocycles. The number of carbonyl (C=O) groups excluding carboxylic acids is 2. The molecule has 0 spiro atoms. The fourth-order valence-corrected chi connectivity index (χ4v) is 5.25. The molecular weight excluding hydrogens is 428 g/mol. The zero-order valence-corrected chi connectivity index (χ0v) is 21.0. The average Bonchev–Trinajstić information content (AvgIpc) is 2.86. The van der Waals surface area contributed by atoms with Gasteiger partial charge < -0.3 is 19.3 Å². The van der Waals surface area contributed by atoms with Gasteiger partial charge in [-0.25, -0.2) is 0 Å². The van der Waals surface area contributed by atoms with E-state index in [-0.39, 0.29) is 23.8 Å². The van der Waals surface area contributed by atoms with Crippen LogP contribution >= 0.6 is 0 Å². The number of piperidine rings is 1. The van der Waals surface area contributed by atoms with Gasteiger partial charge in [-0.15, -0.1) is 0 Å². The second-order valence-corrected chi connectivity index (χ2v) is 10.3. The van der Waals surface area contributed by atoms with Crippen LogP contribution in [0.5, 0.6) is 11.5 Å². The third-order valence-electron chi connectivity index (χ3n) is 6.97. The standard InChI is InChI=1S/C28H36N2O4/c1-28(2,3)27(32)29-14-9-12-21(18-29)26(31)30-15-13-20-16-23(33-4)24(34-5)17-22(20)25(30)19-10-7-6-8-11-19/h6-8,10-11,16-17,21,25H,9,12-15,18H2,1-5H3. The van der Waals surface area contributed by atoms with Gasteiger partial charge in [0.15, 0.2) is 11.5 Å². The summed E-state index contributed by atoms with van der Waals surface area (Å²) in [5, 5.41) is 0. The predicted octanol–water partition coefficient (Wildman–Crippen LogP) is 4.46. The molecule has 0 bridgehead atoms. The quantitative estimate of drug-likeness (QED) is 0.670. The van der Waals surface area contributed by atoms with E-state index in [1.54, 1.807) is 14.2 Å². The molecule has 0 aliphatic carbocycles. The first-order chi connectivity index (χ1) is 16.2. The van der Waals surface area contributed by atoms with E-state index in [2.05, 4.69) is 12.1 Å². The molecule has 1 fully saturated rings. The first kappa shape index (κ1) is 24.1. The number of fused-ring (bicyclic) bond motifs is 1. The molecule has 6 heteroatoms. The lowest BCUT2D eigenvalue weighted by atomic mass is 9.85. The first-order valence-corrected chi connectivity index (χ1v) is 12.1. The lowest BCUT2D eigenvalue weighted by Crippen LogP contribution is -2.51. The maximum atomic E-state index is 14.0. The van der Waals surface area contributed by atoms with Gasteiger partial charge in [0.25, 0.3) is 0 Å². The van der Waals surface area contributed by atoms with E-state index in [1.165, 1.54) is 5.56 Å². The van der Waals surface area contributed by atoms with Crippen LogP contribution in [-0.2, 0) is 16.0 Å². The van der Waals surface area contributed by atoms with Crippen molar-refractivity contribution in [3.05, 3.63) is 59.2 Å². The highest BCUT2D eigenvalue weighted by molar-refractivity contribution is 5.84. The van der Waals surface area contributed by atoms with Crippen molar-refractivity contribution in [1.29, 1.82) is 0 Å². The van der Waals surface area contributed by atoms with Crippen molar-refractivity contribution in [1.82, 2.24) is 9.80 Å². The molecule has 0 aromatic heterocycles. The van der Waals surface area contributed by atoms with Crippen LogP contribution in [0, 0.1) is 11.3 Å². The van der Waals surface area contributed by atoms with Crippen molar-refractivity contribution in [2.24, 2.45) is 11.3 Å². The van der Waals surface area contributed by atoms with Crippen LogP contribution in [0.1, 0.15) is 56.3 Å². The molecule has 4 rings (SSSR count). The first-order valence-electron chi connectivity index (χ1n) is 12.1. The molecule has 0 N–H and O–H groups in total. The Morgan fingerprint density at radius 2 is 1.65 bits per heavy atom. The van der Waals surface area contributed by atoms with Gasteiger partial charge in [0.1, 0.15) is 0 Å². The fraction of sp³-hybridized carbons (Fsp3) is 0.500. The molecule has 1 saturated heterocycles. The van der Waals surface area contributed by atoms with Crippen LogP contribution in [0.25, 0.3) is 0 Å². The Hall–Kier alpha value is -3.02. The minimum absolute atomic E-state index is 0.116. The highest BCUT2D eigenvalue weighted by Gasteiger charge is 2.39. The normalized spacial score (nSPS) is 20.5. The Kier molecular flexibility index (Phi) is 6.87. The fourth-order valence-electron chi connectivity index (χ4n) is 5.25. The van der Waals surface area contributed by atoms with Crippen molar-refractivity contribution < 1.29 is 19.1 Å². The number of nitrogens with zero attached hydrogens (tertiary/aromatic N) is 2.